The lowest BCUT2D eigenvalue weighted by Gasteiger charge is -2.32. The molecule has 1 saturated heterocycles. The van der Waals surface area contributed by atoms with Gasteiger partial charge >= 0.3 is 5.91 Å². The Hall–Kier alpha value is -1.37. The highest BCUT2D eigenvalue weighted by Crippen LogP contribution is 2.20. The van der Waals surface area contributed by atoms with Crippen molar-refractivity contribution in [1.29, 1.82) is 0 Å². The summed E-state index contributed by atoms with van der Waals surface area (Å²) in [5.41, 5.74) is 2.98. The van der Waals surface area contributed by atoms with Gasteiger partial charge < -0.3 is 9.15 Å². The fraction of sp³-hybridized carbons (Fsp3) is 0.615. The van der Waals surface area contributed by atoms with Crippen LogP contribution in [0.5, 0.6) is 0 Å². The number of likely N-dealkylation sites (tertiary alicyclic amines) is 1. The number of nitrogens with one attached hydrogen (secondary N) is 1. The number of nitrogens with zero attached hydrogens (tertiary/aromatic N) is 1. The number of nitrogen functional groups attached to an aromatic ring is 1. The summed E-state index contributed by atoms with van der Waals surface area (Å²) in [4.78, 5) is 13.9. The van der Waals surface area contributed by atoms with Crippen LogP contribution in [0.1, 0.15) is 29.0 Å². The third-order valence-electron chi connectivity index (χ3n) is 3.48. The number of hydrogen-bond acceptors (Lipinski definition) is 5. The maximum atomic E-state index is 11.5. The average Bonchev–Trinajstić information content (AvgIpc) is 2.87. The van der Waals surface area contributed by atoms with Crippen LogP contribution in [0, 0.1) is 5.92 Å². The van der Waals surface area contributed by atoms with Crippen molar-refractivity contribution in [2.75, 3.05) is 26.8 Å². The molecule has 1 aliphatic rings. The van der Waals surface area contributed by atoms with Crippen LogP contribution in [0.25, 0.3) is 0 Å². The molecule has 1 aromatic rings. The van der Waals surface area contributed by atoms with Crippen LogP contribution in [0.15, 0.2) is 16.7 Å². The monoisotopic (exact) mass is 267 g/mol. The molecule has 1 fully saturated rings. The highest BCUT2D eigenvalue weighted by molar-refractivity contribution is 5.92. The van der Waals surface area contributed by atoms with Gasteiger partial charge in [0.1, 0.15) is 0 Å². The van der Waals surface area contributed by atoms with Gasteiger partial charge in [0.05, 0.1) is 12.9 Å². The molecule has 0 spiro atoms. The first-order valence-corrected chi connectivity index (χ1v) is 6.53. The van der Waals surface area contributed by atoms with Gasteiger partial charge in [0.2, 0.25) is 0 Å². The molecule has 19 heavy (non-hydrogen) atoms. The minimum atomic E-state index is -0.384. The number of hydrazine groups is 1. The van der Waals surface area contributed by atoms with Crippen molar-refractivity contribution in [3.05, 3.63) is 23.7 Å². The Morgan fingerprint density at radius 2 is 2.53 bits per heavy atom. The maximum absolute atomic E-state index is 11.5. The van der Waals surface area contributed by atoms with E-state index in [0.717, 1.165) is 31.7 Å². The van der Waals surface area contributed by atoms with Crippen molar-refractivity contribution < 1.29 is 13.9 Å². The van der Waals surface area contributed by atoms with Gasteiger partial charge in [-0.05, 0) is 31.4 Å². The summed E-state index contributed by atoms with van der Waals surface area (Å²) in [5, 5.41) is 0. The van der Waals surface area contributed by atoms with E-state index in [1.807, 2.05) is 6.07 Å². The van der Waals surface area contributed by atoms with Gasteiger partial charge in [-0.3, -0.25) is 15.1 Å². The highest BCUT2D eigenvalue weighted by atomic mass is 16.5. The summed E-state index contributed by atoms with van der Waals surface area (Å²) < 4.78 is 10.4. The second-order valence-electron chi connectivity index (χ2n) is 4.95. The molecule has 0 saturated carbocycles. The number of carbonyl (C=O) groups excluding carboxylic acids is 1. The number of ether oxygens (including phenoxy) is 1. The normalized spacial score (nSPS) is 20.4. The third kappa shape index (κ3) is 3.56. The summed E-state index contributed by atoms with van der Waals surface area (Å²) in [6.07, 6.45) is 3.88. The van der Waals surface area contributed by atoms with Crippen LogP contribution in [0.4, 0.5) is 0 Å². The predicted octanol–water partition coefficient (Wildman–Crippen LogP) is 0.742. The van der Waals surface area contributed by atoms with E-state index in [1.165, 1.54) is 12.7 Å². The molecule has 1 aromatic heterocycles. The van der Waals surface area contributed by atoms with Gasteiger partial charge in [0.15, 0.2) is 5.76 Å². The van der Waals surface area contributed by atoms with Gasteiger partial charge in [-0.1, -0.05) is 0 Å². The van der Waals surface area contributed by atoms with Crippen molar-refractivity contribution in [1.82, 2.24) is 10.3 Å². The molecular weight excluding hydrogens is 246 g/mol. The number of methoxy groups -OCH3 is 1. The van der Waals surface area contributed by atoms with Crippen molar-refractivity contribution >= 4 is 5.91 Å². The molecular formula is C13H21N3O3. The van der Waals surface area contributed by atoms with Crippen LogP contribution >= 0.6 is 0 Å². The molecule has 1 atom stereocenters. The molecule has 6 nitrogen and oxygen atoms in total. The van der Waals surface area contributed by atoms with E-state index in [1.54, 1.807) is 7.11 Å². The van der Waals surface area contributed by atoms with Crippen LogP contribution in [0.2, 0.25) is 0 Å². The standard InChI is InChI=1S/C13H21N3O3/c1-18-9-10-3-2-5-16(7-10)8-11-4-6-19-12(11)13(17)15-14/h4,6,10H,2-3,5,7-9,14H2,1H3,(H,15,17). The van der Waals surface area contributed by atoms with Crippen LogP contribution in [-0.4, -0.2) is 37.6 Å². The van der Waals surface area contributed by atoms with Crippen molar-refractivity contribution in [2.45, 2.75) is 19.4 Å². The minimum Gasteiger partial charge on any atom is -0.459 e. The van der Waals surface area contributed by atoms with Gasteiger partial charge in [-0.15, -0.1) is 0 Å². The summed E-state index contributed by atoms with van der Waals surface area (Å²) in [6, 6.07) is 1.82. The molecule has 2 rings (SSSR count). The number of hydrogen-bond donors (Lipinski definition) is 2. The lowest BCUT2D eigenvalue weighted by Crippen LogP contribution is -2.37. The SMILES string of the molecule is COCC1CCCN(Cc2ccoc2C(=O)NN)C1. The van der Waals surface area contributed by atoms with Crippen LogP contribution < -0.4 is 11.3 Å². The zero-order valence-corrected chi connectivity index (χ0v) is 11.2. The fourth-order valence-electron chi connectivity index (χ4n) is 2.63. The first kappa shape index (κ1) is 14.0. The Balaban J connectivity index is 1.97. The van der Waals surface area contributed by atoms with E-state index in [9.17, 15) is 4.79 Å². The van der Waals surface area contributed by atoms with E-state index < -0.39 is 0 Å². The van der Waals surface area contributed by atoms with E-state index in [0.29, 0.717) is 18.2 Å². The zero-order chi connectivity index (χ0) is 13.7. The number of carbonyl (C=O) groups is 1. The number of piperidine rings is 1. The minimum absolute atomic E-state index is 0.302. The summed E-state index contributed by atoms with van der Waals surface area (Å²) >= 11 is 0. The number of furan rings is 1. The molecule has 1 amide bonds. The van der Waals surface area contributed by atoms with Gasteiger partial charge in [-0.25, -0.2) is 5.84 Å². The van der Waals surface area contributed by atoms with Crippen molar-refractivity contribution in [3.8, 4) is 0 Å². The quantitative estimate of drug-likeness (QED) is 0.467. The summed E-state index contributed by atoms with van der Waals surface area (Å²) in [5.74, 6) is 5.62. The van der Waals surface area contributed by atoms with E-state index in [4.69, 9.17) is 15.0 Å². The molecule has 1 unspecified atom stereocenters. The highest BCUT2D eigenvalue weighted by Gasteiger charge is 2.22. The van der Waals surface area contributed by atoms with Gasteiger partial charge in [0, 0.05) is 25.8 Å². The molecule has 1 aliphatic heterocycles. The molecule has 0 aromatic carbocycles. The van der Waals surface area contributed by atoms with Crippen LogP contribution in [0.3, 0.4) is 0 Å². The van der Waals surface area contributed by atoms with Gasteiger partial charge in [0.25, 0.3) is 0 Å². The average molecular weight is 267 g/mol. The van der Waals surface area contributed by atoms with Crippen molar-refractivity contribution in [2.24, 2.45) is 11.8 Å². The molecule has 6 heteroatoms. The summed E-state index contributed by atoms with van der Waals surface area (Å²) in [7, 11) is 1.73. The lowest BCUT2D eigenvalue weighted by molar-refractivity contribution is 0.0856. The molecule has 0 bridgehead atoms. The van der Waals surface area contributed by atoms with Crippen molar-refractivity contribution in [3.63, 3.8) is 0 Å². The smallest absolute Gasteiger partial charge is 0.301 e. The molecule has 0 aliphatic carbocycles. The topological polar surface area (TPSA) is 80.7 Å². The van der Waals surface area contributed by atoms with Gasteiger partial charge in [-0.2, -0.15) is 0 Å². The Kier molecular flexibility index (Phi) is 4.95. The van der Waals surface area contributed by atoms with Crippen LogP contribution in [-0.2, 0) is 11.3 Å². The Labute approximate surface area is 112 Å². The molecule has 106 valence electrons. The fourth-order valence-corrected chi connectivity index (χ4v) is 2.63. The largest absolute Gasteiger partial charge is 0.459 e. The number of rotatable bonds is 5. The first-order chi connectivity index (χ1) is 9.24. The predicted molar refractivity (Wildman–Crippen MR) is 70.2 cm³/mol. The molecule has 2 heterocycles. The number of amides is 1. The second-order valence-corrected chi connectivity index (χ2v) is 4.95. The van der Waals surface area contributed by atoms with E-state index in [2.05, 4.69) is 10.3 Å². The van der Waals surface area contributed by atoms with E-state index in [-0.39, 0.29) is 5.91 Å². The maximum Gasteiger partial charge on any atom is 0.301 e. The number of nitrogens with two attached hydrogens (primary N) is 1. The molecule has 3 N–H and O–H groups in total. The lowest BCUT2D eigenvalue weighted by atomic mass is 9.98. The Morgan fingerprint density at radius 3 is 3.26 bits per heavy atom. The zero-order valence-electron chi connectivity index (χ0n) is 11.2. The Bertz CT molecular complexity index is 417. The second kappa shape index (κ2) is 6.70. The summed E-state index contributed by atoms with van der Waals surface area (Å²) in [6.45, 7) is 3.52. The third-order valence-corrected chi connectivity index (χ3v) is 3.48. The van der Waals surface area contributed by atoms with E-state index >= 15 is 0 Å². The first-order valence-electron chi connectivity index (χ1n) is 6.53. The Morgan fingerprint density at radius 1 is 1.68 bits per heavy atom. The molecule has 0 radical (unpaired) electrons.